The number of rotatable bonds is 8. The number of methoxy groups -OCH3 is 1. The third kappa shape index (κ3) is 6.31. The molecule has 0 saturated heterocycles. The van der Waals surface area contributed by atoms with Crippen LogP contribution in [-0.2, 0) is 11.2 Å². The van der Waals surface area contributed by atoms with Gasteiger partial charge >= 0.3 is 0 Å². The van der Waals surface area contributed by atoms with E-state index in [2.05, 4.69) is 10.6 Å². The summed E-state index contributed by atoms with van der Waals surface area (Å²) in [5.41, 5.74) is 2.78. The predicted octanol–water partition coefficient (Wildman–Crippen LogP) is 4.21. The highest BCUT2D eigenvalue weighted by Crippen LogP contribution is 2.17. The van der Waals surface area contributed by atoms with Gasteiger partial charge in [0, 0.05) is 17.8 Å². The zero-order chi connectivity index (χ0) is 22.8. The molecule has 32 heavy (non-hydrogen) atoms. The average Bonchev–Trinajstić information content (AvgIpc) is 2.83. The van der Waals surface area contributed by atoms with Crippen LogP contribution in [0.4, 0.5) is 5.69 Å². The van der Waals surface area contributed by atoms with Crippen molar-refractivity contribution in [3.63, 3.8) is 0 Å². The summed E-state index contributed by atoms with van der Waals surface area (Å²) < 4.78 is 5.10. The van der Waals surface area contributed by atoms with Gasteiger partial charge in [-0.05, 0) is 60.0 Å². The van der Waals surface area contributed by atoms with Crippen molar-refractivity contribution in [3.05, 3.63) is 101 Å². The van der Waals surface area contributed by atoms with Gasteiger partial charge in [0.1, 0.15) is 17.4 Å². The summed E-state index contributed by atoms with van der Waals surface area (Å²) in [6.07, 6.45) is 2.18. The minimum atomic E-state index is -0.434. The number of hydrogen-bond acceptors (Lipinski definition) is 4. The third-order valence-corrected chi connectivity index (χ3v) is 4.71. The Morgan fingerprint density at radius 1 is 1.00 bits per heavy atom. The summed E-state index contributed by atoms with van der Waals surface area (Å²) in [6.45, 7) is 0.430. The van der Waals surface area contributed by atoms with E-state index in [0.29, 0.717) is 35.5 Å². The summed E-state index contributed by atoms with van der Waals surface area (Å²) in [5.74, 6) is -0.0381. The predicted molar refractivity (Wildman–Crippen MR) is 124 cm³/mol. The summed E-state index contributed by atoms with van der Waals surface area (Å²) >= 11 is 0. The Bertz CT molecular complexity index is 1150. The van der Waals surface area contributed by atoms with Crippen molar-refractivity contribution >= 4 is 23.6 Å². The van der Waals surface area contributed by atoms with Gasteiger partial charge in [-0.1, -0.05) is 42.5 Å². The van der Waals surface area contributed by atoms with Crippen LogP contribution in [0.25, 0.3) is 6.08 Å². The van der Waals surface area contributed by atoms with Crippen LogP contribution in [-0.4, -0.2) is 25.5 Å². The molecule has 6 heteroatoms. The van der Waals surface area contributed by atoms with Gasteiger partial charge in [-0.3, -0.25) is 9.59 Å². The maximum atomic E-state index is 12.5. The van der Waals surface area contributed by atoms with E-state index in [9.17, 15) is 14.9 Å². The summed E-state index contributed by atoms with van der Waals surface area (Å²) in [6, 6.07) is 25.5. The third-order valence-electron chi connectivity index (χ3n) is 4.71. The largest absolute Gasteiger partial charge is 0.497 e. The number of hydrogen-bond donors (Lipinski definition) is 2. The molecule has 0 heterocycles. The van der Waals surface area contributed by atoms with Gasteiger partial charge in [-0.15, -0.1) is 0 Å². The van der Waals surface area contributed by atoms with Crippen molar-refractivity contribution in [1.82, 2.24) is 5.32 Å². The molecule has 0 atom stereocenters. The van der Waals surface area contributed by atoms with E-state index in [-0.39, 0.29) is 11.5 Å². The van der Waals surface area contributed by atoms with E-state index in [1.165, 1.54) is 6.08 Å². The molecular formula is C26H23N3O3. The second-order valence-electron chi connectivity index (χ2n) is 6.97. The Morgan fingerprint density at radius 2 is 1.75 bits per heavy atom. The van der Waals surface area contributed by atoms with E-state index in [0.717, 1.165) is 5.56 Å². The summed E-state index contributed by atoms with van der Waals surface area (Å²) in [5, 5.41) is 15.0. The first-order chi connectivity index (χ1) is 15.6. The Kier molecular flexibility index (Phi) is 7.77. The second kappa shape index (κ2) is 11.1. The topological polar surface area (TPSA) is 91.2 Å². The van der Waals surface area contributed by atoms with Gasteiger partial charge in [0.15, 0.2) is 0 Å². The molecule has 160 valence electrons. The molecule has 3 aromatic carbocycles. The van der Waals surface area contributed by atoms with E-state index in [4.69, 9.17) is 4.74 Å². The molecule has 0 fully saturated rings. The van der Waals surface area contributed by atoms with E-state index in [1.807, 2.05) is 36.4 Å². The highest BCUT2D eigenvalue weighted by Gasteiger charge is 2.10. The lowest BCUT2D eigenvalue weighted by atomic mass is 10.1. The zero-order valence-electron chi connectivity index (χ0n) is 17.7. The van der Waals surface area contributed by atoms with Crippen LogP contribution in [0.15, 0.2) is 84.4 Å². The Morgan fingerprint density at radius 3 is 2.44 bits per heavy atom. The first kappa shape index (κ1) is 22.3. The zero-order valence-corrected chi connectivity index (χ0v) is 17.7. The van der Waals surface area contributed by atoms with Gasteiger partial charge in [0.05, 0.1) is 7.11 Å². The molecule has 6 nitrogen and oxygen atoms in total. The van der Waals surface area contributed by atoms with Crippen LogP contribution in [0, 0.1) is 11.3 Å². The fraction of sp³-hybridized carbons (Fsp3) is 0.115. The number of nitrogens with zero attached hydrogens (tertiary/aromatic N) is 1. The molecule has 0 bridgehead atoms. The number of anilines is 1. The fourth-order valence-electron chi connectivity index (χ4n) is 3.03. The smallest absolute Gasteiger partial charge is 0.261 e. The van der Waals surface area contributed by atoms with Crippen molar-refractivity contribution in [2.75, 3.05) is 19.0 Å². The Hall–Kier alpha value is -4.37. The first-order valence-corrected chi connectivity index (χ1v) is 10.1. The molecule has 0 saturated carbocycles. The maximum Gasteiger partial charge on any atom is 0.261 e. The van der Waals surface area contributed by atoms with Crippen LogP contribution >= 0.6 is 0 Å². The number of carbonyl (C=O) groups excluding carboxylic acids is 2. The fourth-order valence-corrected chi connectivity index (χ4v) is 3.03. The van der Waals surface area contributed by atoms with Crippen LogP contribution < -0.4 is 15.4 Å². The molecule has 2 N–H and O–H groups in total. The average molecular weight is 425 g/mol. The van der Waals surface area contributed by atoms with Crippen LogP contribution in [0.3, 0.4) is 0 Å². The standard InChI is InChI=1S/C26H23N3O3/c1-32-24-12-10-21(11-13-24)26(31)29-23-9-5-8-20(17-23)16-22(18-27)25(30)28-15-14-19-6-3-2-4-7-19/h2-13,16-17H,14-15H2,1H3,(H,28,30)(H,29,31)/b22-16+. The molecule has 3 rings (SSSR count). The molecule has 0 unspecified atom stereocenters. The van der Waals surface area contributed by atoms with Crippen LogP contribution in [0.5, 0.6) is 5.75 Å². The number of benzene rings is 3. The van der Waals surface area contributed by atoms with E-state index in [1.54, 1.807) is 55.6 Å². The molecule has 0 aliphatic carbocycles. The van der Waals surface area contributed by atoms with Crippen LogP contribution in [0.1, 0.15) is 21.5 Å². The number of ether oxygens (including phenoxy) is 1. The molecule has 0 aliphatic heterocycles. The van der Waals surface area contributed by atoms with Gasteiger partial charge < -0.3 is 15.4 Å². The number of nitriles is 1. The number of carbonyl (C=O) groups is 2. The van der Waals surface area contributed by atoms with Crippen molar-refractivity contribution in [1.29, 1.82) is 5.26 Å². The molecule has 0 spiro atoms. The van der Waals surface area contributed by atoms with Gasteiger partial charge in [-0.25, -0.2) is 0 Å². The maximum absolute atomic E-state index is 12.5. The number of amides is 2. The van der Waals surface area contributed by atoms with Crippen molar-refractivity contribution in [2.45, 2.75) is 6.42 Å². The van der Waals surface area contributed by atoms with E-state index < -0.39 is 5.91 Å². The molecule has 2 amide bonds. The van der Waals surface area contributed by atoms with Gasteiger partial charge in [0.2, 0.25) is 0 Å². The minimum Gasteiger partial charge on any atom is -0.497 e. The minimum absolute atomic E-state index is 0.00306. The van der Waals surface area contributed by atoms with Crippen LogP contribution in [0.2, 0.25) is 0 Å². The number of nitrogens with one attached hydrogen (secondary N) is 2. The summed E-state index contributed by atoms with van der Waals surface area (Å²) in [4.78, 5) is 24.8. The Balaban J connectivity index is 1.63. The molecular weight excluding hydrogens is 402 g/mol. The molecule has 0 aliphatic rings. The normalized spacial score (nSPS) is 10.7. The van der Waals surface area contributed by atoms with Crippen molar-refractivity contribution in [2.24, 2.45) is 0 Å². The lowest BCUT2D eigenvalue weighted by molar-refractivity contribution is -0.117. The first-order valence-electron chi connectivity index (χ1n) is 10.1. The highest BCUT2D eigenvalue weighted by atomic mass is 16.5. The van der Waals surface area contributed by atoms with Gasteiger partial charge in [0.25, 0.3) is 11.8 Å². The lowest BCUT2D eigenvalue weighted by Crippen LogP contribution is -2.26. The highest BCUT2D eigenvalue weighted by molar-refractivity contribution is 6.05. The van der Waals surface area contributed by atoms with Gasteiger partial charge in [-0.2, -0.15) is 5.26 Å². The lowest BCUT2D eigenvalue weighted by Gasteiger charge is -2.08. The SMILES string of the molecule is COc1ccc(C(=O)Nc2cccc(/C=C(\C#N)C(=O)NCCc3ccccc3)c2)cc1. The summed E-state index contributed by atoms with van der Waals surface area (Å²) in [7, 11) is 1.56. The molecule has 0 aromatic heterocycles. The van der Waals surface area contributed by atoms with Crippen molar-refractivity contribution in [3.8, 4) is 11.8 Å². The monoisotopic (exact) mass is 425 g/mol. The Labute approximate surface area is 187 Å². The molecule has 0 radical (unpaired) electrons. The van der Waals surface area contributed by atoms with E-state index >= 15 is 0 Å². The second-order valence-corrected chi connectivity index (χ2v) is 6.97. The molecule has 3 aromatic rings. The quantitative estimate of drug-likeness (QED) is 0.418. The van der Waals surface area contributed by atoms with Crippen molar-refractivity contribution < 1.29 is 14.3 Å².